The average molecular weight is 677 g/mol. The van der Waals surface area contributed by atoms with E-state index in [1.165, 1.54) is 0 Å². The lowest BCUT2D eigenvalue weighted by molar-refractivity contribution is -0.156. The minimum atomic E-state index is -0.688. The molecule has 0 unspecified atom stereocenters. The number of rotatable bonds is 6. The minimum absolute atomic E-state index is 0.267. The Labute approximate surface area is 218 Å². The highest BCUT2D eigenvalue weighted by atomic mass is 127. The molecule has 0 saturated carbocycles. The van der Waals surface area contributed by atoms with Crippen LogP contribution >= 0.6 is 56.9 Å². The first kappa shape index (κ1) is 25.0. The van der Waals surface area contributed by atoms with Crippen molar-refractivity contribution >= 4 is 80.1 Å². The molecule has 1 saturated heterocycles. The van der Waals surface area contributed by atoms with Crippen LogP contribution in [-0.2, 0) is 20.9 Å². The first-order chi connectivity index (χ1) is 15.0. The van der Waals surface area contributed by atoms with Crippen LogP contribution in [0.15, 0.2) is 47.4 Å². The van der Waals surface area contributed by atoms with E-state index >= 15 is 0 Å². The normalized spacial score (nSPS) is 15.4. The van der Waals surface area contributed by atoms with E-state index in [0.717, 1.165) is 40.7 Å². The molecule has 1 aliphatic rings. The first-order valence-electron chi connectivity index (χ1n) is 9.66. The van der Waals surface area contributed by atoms with Crippen LogP contribution in [-0.4, -0.2) is 34.2 Å². The summed E-state index contributed by atoms with van der Waals surface area (Å²) in [4.78, 5) is 38.2. The van der Waals surface area contributed by atoms with Crippen LogP contribution in [0.5, 0.6) is 5.75 Å². The molecule has 9 heteroatoms. The highest BCUT2D eigenvalue weighted by molar-refractivity contribution is 14.1. The number of amides is 2. The van der Waals surface area contributed by atoms with E-state index in [0.29, 0.717) is 6.61 Å². The lowest BCUT2D eigenvalue weighted by Gasteiger charge is -2.21. The van der Waals surface area contributed by atoms with Gasteiger partial charge in [0.25, 0.3) is 11.1 Å². The fourth-order valence-electron chi connectivity index (χ4n) is 2.82. The predicted octanol–water partition coefficient (Wildman–Crippen LogP) is 5.85. The number of halogens is 2. The molecule has 1 fully saturated rings. The predicted molar refractivity (Wildman–Crippen MR) is 141 cm³/mol. The Bertz CT molecular complexity index is 1060. The summed E-state index contributed by atoms with van der Waals surface area (Å²) in [5.74, 6) is -0.351. The Hall–Kier alpha value is -1.60. The van der Waals surface area contributed by atoms with Gasteiger partial charge in [-0.3, -0.25) is 19.3 Å². The lowest BCUT2D eigenvalue weighted by Crippen LogP contribution is -2.37. The Kier molecular flexibility index (Phi) is 8.26. The Balaban J connectivity index is 1.73. The number of imide groups is 1. The molecule has 0 aliphatic carbocycles. The fraction of sp³-hybridized carbons (Fsp3) is 0.261. The van der Waals surface area contributed by atoms with Crippen molar-refractivity contribution in [2.75, 3.05) is 6.54 Å². The van der Waals surface area contributed by atoms with Crippen LogP contribution in [0.3, 0.4) is 0 Å². The van der Waals surface area contributed by atoms with Gasteiger partial charge in [0.1, 0.15) is 24.5 Å². The van der Waals surface area contributed by atoms with Gasteiger partial charge in [0.2, 0.25) is 0 Å². The largest absolute Gasteiger partial charge is 0.487 e. The second-order valence-corrected chi connectivity index (χ2v) is 11.3. The van der Waals surface area contributed by atoms with Crippen LogP contribution in [0.25, 0.3) is 6.08 Å². The summed E-state index contributed by atoms with van der Waals surface area (Å²) in [7, 11) is 0. The van der Waals surface area contributed by atoms with Crippen LogP contribution < -0.4 is 4.74 Å². The molecular formula is C23H21I2NO5S. The number of hydrogen-bond donors (Lipinski definition) is 0. The number of hydrogen-bond acceptors (Lipinski definition) is 6. The van der Waals surface area contributed by atoms with Crippen molar-refractivity contribution in [1.29, 1.82) is 0 Å². The number of ether oxygens (including phenoxy) is 2. The molecule has 0 bridgehead atoms. The maximum absolute atomic E-state index is 12.7. The van der Waals surface area contributed by atoms with Crippen LogP contribution in [0.2, 0.25) is 0 Å². The SMILES string of the molecule is CC(C)(C)OC(=O)CN1C(=O)SC(=Cc2cc(I)c(OCc3ccccc3)c(I)c2)C1=O. The van der Waals surface area contributed by atoms with Gasteiger partial charge in [-0.05, 0) is 107 Å². The van der Waals surface area contributed by atoms with E-state index in [-0.39, 0.29) is 4.91 Å². The highest BCUT2D eigenvalue weighted by Gasteiger charge is 2.37. The number of esters is 1. The zero-order valence-electron chi connectivity index (χ0n) is 17.7. The van der Waals surface area contributed by atoms with Crippen molar-refractivity contribution in [3.63, 3.8) is 0 Å². The molecule has 0 atom stereocenters. The van der Waals surface area contributed by atoms with Crippen LogP contribution in [0, 0.1) is 7.14 Å². The zero-order valence-corrected chi connectivity index (χ0v) is 22.8. The van der Waals surface area contributed by atoms with Crippen molar-refractivity contribution < 1.29 is 23.9 Å². The molecule has 1 heterocycles. The summed E-state index contributed by atoms with van der Waals surface area (Å²) < 4.78 is 13.0. The third-order valence-electron chi connectivity index (χ3n) is 4.13. The van der Waals surface area contributed by atoms with E-state index in [1.807, 2.05) is 42.5 Å². The van der Waals surface area contributed by atoms with E-state index < -0.39 is 29.3 Å². The molecule has 2 aromatic carbocycles. The standard InChI is InChI=1S/C23H21I2NO5S/c1-23(2,3)31-19(27)12-26-21(28)18(32-22(26)29)11-15-9-16(24)20(17(25)10-15)30-13-14-7-5-4-6-8-14/h4-11H,12-13H2,1-3H3. The highest BCUT2D eigenvalue weighted by Crippen LogP contribution is 2.35. The molecular weight excluding hydrogens is 656 g/mol. The van der Waals surface area contributed by atoms with Crippen LogP contribution in [0.4, 0.5) is 4.79 Å². The molecule has 6 nitrogen and oxygen atoms in total. The third-order valence-corrected chi connectivity index (χ3v) is 6.64. The number of carbonyl (C=O) groups is 3. The number of carbonyl (C=O) groups excluding carboxylic acids is 3. The Morgan fingerprint density at radius 2 is 1.72 bits per heavy atom. The smallest absolute Gasteiger partial charge is 0.326 e. The second kappa shape index (κ2) is 10.6. The van der Waals surface area contributed by atoms with Gasteiger partial charge in [-0.1, -0.05) is 30.3 Å². The summed E-state index contributed by atoms with van der Waals surface area (Å²) >= 11 is 5.20. The molecule has 168 valence electrons. The summed E-state index contributed by atoms with van der Waals surface area (Å²) in [6, 6.07) is 13.7. The van der Waals surface area contributed by atoms with Crippen LogP contribution in [0.1, 0.15) is 31.9 Å². The maximum Gasteiger partial charge on any atom is 0.326 e. The van der Waals surface area contributed by atoms with Gasteiger partial charge in [-0.25, -0.2) is 0 Å². The molecule has 1 aliphatic heterocycles. The molecule has 3 rings (SSSR count). The minimum Gasteiger partial charge on any atom is -0.487 e. The lowest BCUT2D eigenvalue weighted by atomic mass is 10.2. The van der Waals surface area contributed by atoms with Gasteiger partial charge in [0.15, 0.2) is 0 Å². The summed E-state index contributed by atoms with van der Waals surface area (Å²) in [5, 5.41) is -0.487. The fourth-order valence-corrected chi connectivity index (χ4v) is 5.79. The molecule has 32 heavy (non-hydrogen) atoms. The summed E-state index contributed by atoms with van der Waals surface area (Å²) in [5.41, 5.74) is 1.15. The van der Waals surface area contributed by atoms with Crippen molar-refractivity contribution in [3.8, 4) is 5.75 Å². The molecule has 0 N–H and O–H groups in total. The Morgan fingerprint density at radius 1 is 1.09 bits per heavy atom. The van der Waals surface area contributed by atoms with Gasteiger partial charge >= 0.3 is 5.97 Å². The third kappa shape index (κ3) is 6.70. The molecule has 0 spiro atoms. The van der Waals surface area contributed by atoms with Gasteiger partial charge in [0, 0.05) is 0 Å². The average Bonchev–Trinajstić information content (AvgIpc) is 2.94. The summed E-state index contributed by atoms with van der Waals surface area (Å²) in [6.45, 7) is 5.25. The second-order valence-electron chi connectivity index (χ2n) is 7.94. The number of thioether (sulfide) groups is 1. The van der Waals surface area contributed by atoms with Gasteiger partial charge < -0.3 is 9.47 Å². The van der Waals surface area contributed by atoms with Crippen molar-refractivity contribution in [3.05, 3.63) is 65.6 Å². The quantitative estimate of drug-likeness (QED) is 0.217. The number of benzene rings is 2. The zero-order chi connectivity index (χ0) is 23.5. The van der Waals surface area contributed by atoms with E-state index in [4.69, 9.17) is 9.47 Å². The number of nitrogens with zero attached hydrogens (tertiary/aromatic N) is 1. The molecule has 0 aromatic heterocycles. The van der Waals surface area contributed by atoms with E-state index in [2.05, 4.69) is 45.2 Å². The van der Waals surface area contributed by atoms with Crippen molar-refractivity contribution in [2.24, 2.45) is 0 Å². The monoisotopic (exact) mass is 677 g/mol. The summed E-state index contributed by atoms with van der Waals surface area (Å²) in [6.07, 6.45) is 1.66. The molecule has 2 amide bonds. The Morgan fingerprint density at radius 3 is 2.31 bits per heavy atom. The maximum atomic E-state index is 12.7. The van der Waals surface area contributed by atoms with E-state index in [9.17, 15) is 14.4 Å². The first-order valence-corrected chi connectivity index (χ1v) is 12.6. The van der Waals surface area contributed by atoms with Gasteiger partial charge in [-0.15, -0.1) is 0 Å². The van der Waals surface area contributed by atoms with Crippen molar-refractivity contribution in [1.82, 2.24) is 4.90 Å². The van der Waals surface area contributed by atoms with Gasteiger partial charge in [0.05, 0.1) is 12.0 Å². The van der Waals surface area contributed by atoms with E-state index in [1.54, 1.807) is 26.8 Å². The molecule has 0 radical (unpaired) electrons. The van der Waals surface area contributed by atoms with Crippen molar-refractivity contribution in [2.45, 2.75) is 33.0 Å². The topological polar surface area (TPSA) is 72.9 Å². The molecule has 2 aromatic rings. The van der Waals surface area contributed by atoms with Gasteiger partial charge in [-0.2, -0.15) is 0 Å².